The van der Waals surface area contributed by atoms with Crippen molar-refractivity contribution in [3.63, 3.8) is 0 Å². The van der Waals surface area contributed by atoms with Crippen LogP contribution in [0.15, 0.2) is 54.6 Å². The molecule has 0 saturated carbocycles. The Bertz CT molecular complexity index is 667. The third-order valence-corrected chi connectivity index (χ3v) is 4.22. The van der Waals surface area contributed by atoms with Gasteiger partial charge in [-0.05, 0) is 17.7 Å². The smallest absolute Gasteiger partial charge is 0.325 e. The highest BCUT2D eigenvalue weighted by Crippen LogP contribution is 2.26. The molecule has 1 saturated heterocycles. The fourth-order valence-corrected chi connectivity index (χ4v) is 3.07. The van der Waals surface area contributed by atoms with Gasteiger partial charge in [-0.1, -0.05) is 36.4 Å². The highest BCUT2D eigenvalue weighted by molar-refractivity contribution is 5.75. The predicted octanol–water partition coefficient (Wildman–Crippen LogP) is 2.34. The molecule has 120 valence electrons. The van der Waals surface area contributed by atoms with E-state index in [2.05, 4.69) is 4.90 Å². The van der Waals surface area contributed by atoms with E-state index in [-0.39, 0.29) is 5.75 Å². The predicted molar refractivity (Wildman–Crippen MR) is 88.7 cm³/mol. The molecule has 23 heavy (non-hydrogen) atoms. The van der Waals surface area contributed by atoms with Crippen LogP contribution in [0.25, 0.3) is 0 Å². The van der Waals surface area contributed by atoms with E-state index in [1.54, 1.807) is 12.1 Å². The minimum atomic E-state index is -0.818. The number of rotatable bonds is 4. The first-order valence-electron chi connectivity index (χ1n) is 7.71. The molecule has 2 aromatic rings. The van der Waals surface area contributed by atoms with Crippen LogP contribution in [0.4, 0.5) is 5.69 Å². The lowest BCUT2D eigenvalue weighted by atomic mass is 10.0. The second kappa shape index (κ2) is 6.71. The molecule has 0 bridgehead atoms. The molecule has 5 nitrogen and oxygen atoms in total. The number of carbonyl (C=O) groups is 1. The van der Waals surface area contributed by atoms with Crippen molar-refractivity contribution in [2.24, 2.45) is 0 Å². The third-order valence-electron chi connectivity index (χ3n) is 4.22. The van der Waals surface area contributed by atoms with E-state index < -0.39 is 12.0 Å². The molecular formula is C18H20N2O3. The molecule has 1 heterocycles. The first-order chi connectivity index (χ1) is 11.1. The third kappa shape index (κ3) is 3.46. The summed E-state index contributed by atoms with van der Waals surface area (Å²) >= 11 is 0. The van der Waals surface area contributed by atoms with E-state index in [1.165, 1.54) is 0 Å². The summed E-state index contributed by atoms with van der Waals surface area (Å²) in [5, 5.41) is 19.2. The van der Waals surface area contributed by atoms with Crippen molar-refractivity contribution in [2.45, 2.75) is 6.04 Å². The van der Waals surface area contributed by atoms with Crippen molar-refractivity contribution in [3.05, 3.63) is 60.2 Å². The van der Waals surface area contributed by atoms with Gasteiger partial charge in [0.25, 0.3) is 0 Å². The van der Waals surface area contributed by atoms with Crippen LogP contribution >= 0.6 is 0 Å². The van der Waals surface area contributed by atoms with Crippen molar-refractivity contribution in [1.82, 2.24) is 4.90 Å². The number of nitrogens with zero attached hydrogens (tertiary/aromatic N) is 2. The van der Waals surface area contributed by atoms with E-state index in [0.29, 0.717) is 13.1 Å². The number of carboxylic acids is 1. The van der Waals surface area contributed by atoms with E-state index in [4.69, 9.17) is 0 Å². The van der Waals surface area contributed by atoms with Crippen LogP contribution in [0.5, 0.6) is 5.75 Å². The topological polar surface area (TPSA) is 64.0 Å². The molecule has 0 radical (unpaired) electrons. The molecule has 0 aromatic heterocycles. The Morgan fingerprint density at radius 1 is 0.957 bits per heavy atom. The van der Waals surface area contributed by atoms with Gasteiger partial charge in [0.1, 0.15) is 11.8 Å². The quantitative estimate of drug-likeness (QED) is 0.907. The summed E-state index contributed by atoms with van der Waals surface area (Å²) in [6.45, 7) is 2.81. The molecular weight excluding hydrogens is 292 g/mol. The maximum Gasteiger partial charge on any atom is 0.325 e. The summed E-state index contributed by atoms with van der Waals surface area (Å²) in [5.74, 6) is -0.570. The van der Waals surface area contributed by atoms with Crippen molar-refractivity contribution >= 4 is 11.7 Å². The van der Waals surface area contributed by atoms with Crippen molar-refractivity contribution in [1.29, 1.82) is 0 Å². The number of aromatic hydroxyl groups is 1. The van der Waals surface area contributed by atoms with Crippen LogP contribution < -0.4 is 4.90 Å². The van der Waals surface area contributed by atoms with Crippen LogP contribution in [0.2, 0.25) is 0 Å². The lowest BCUT2D eigenvalue weighted by Crippen LogP contribution is -2.49. The van der Waals surface area contributed by atoms with Crippen LogP contribution in [0.3, 0.4) is 0 Å². The van der Waals surface area contributed by atoms with Gasteiger partial charge in [-0.3, -0.25) is 9.69 Å². The summed E-state index contributed by atoms with van der Waals surface area (Å²) in [5.41, 5.74) is 1.78. The van der Waals surface area contributed by atoms with Gasteiger partial charge < -0.3 is 15.1 Å². The lowest BCUT2D eigenvalue weighted by Gasteiger charge is -2.38. The van der Waals surface area contributed by atoms with Gasteiger partial charge in [-0.15, -0.1) is 0 Å². The van der Waals surface area contributed by atoms with Crippen molar-refractivity contribution in [3.8, 4) is 5.75 Å². The highest BCUT2D eigenvalue weighted by Gasteiger charge is 2.30. The molecule has 2 N–H and O–H groups in total. The number of piperazine rings is 1. The number of hydrogen-bond donors (Lipinski definition) is 2. The Balaban J connectivity index is 1.71. The van der Waals surface area contributed by atoms with Crippen LogP contribution in [0.1, 0.15) is 11.6 Å². The first kappa shape index (κ1) is 15.4. The molecule has 1 aliphatic rings. The van der Waals surface area contributed by atoms with Crippen LogP contribution in [0, 0.1) is 0 Å². The summed E-state index contributed by atoms with van der Waals surface area (Å²) in [4.78, 5) is 15.9. The number of benzene rings is 2. The second-order valence-electron chi connectivity index (χ2n) is 5.69. The van der Waals surface area contributed by atoms with Crippen molar-refractivity contribution in [2.75, 3.05) is 31.1 Å². The second-order valence-corrected chi connectivity index (χ2v) is 5.69. The maximum absolute atomic E-state index is 11.7. The zero-order valence-corrected chi connectivity index (χ0v) is 12.8. The average Bonchev–Trinajstić information content (AvgIpc) is 2.56. The van der Waals surface area contributed by atoms with Gasteiger partial charge in [0.2, 0.25) is 0 Å². The molecule has 0 spiro atoms. The number of phenols is 1. The lowest BCUT2D eigenvalue weighted by molar-refractivity contribution is -0.143. The Kier molecular flexibility index (Phi) is 4.48. The van der Waals surface area contributed by atoms with E-state index in [9.17, 15) is 15.0 Å². The molecule has 1 atom stereocenters. The van der Waals surface area contributed by atoms with Gasteiger partial charge in [0, 0.05) is 37.9 Å². The van der Waals surface area contributed by atoms with Crippen molar-refractivity contribution < 1.29 is 15.0 Å². The maximum atomic E-state index is 11.7. The Morgan fingerprint density at radius 2 is 1.65 bits per heavy atom. The molecule has 1 aliphatic heterocycles. The van der Waals surface area contributed by atoms with Crippen LogP contribution in [-0.2, 0) is 4.79 Å². The summed E-state index contributed by atoms with van der Waals surface area (Å²) < 4.78 is 0. The molecule has 5 heteroatoms. The van der Waals surface area contributed by atoms with Gasteiger partial charge in [-0.25, -0.2) is 0 Å². The molecule has 2 aromatic carbocycles. The Hall–Kier alpha value is -2.53. The van der Waals surface area contributed by atoms with Gasteiger partial charge in [0.05, 0.1) is 0 Å². The number of anilines is 1. The molecule has 0 aliphatic carbocycles. The molecule has 1 fully saturated rings. The zero-order valence-electron chi connectivity index (χ0n) is 12.8. The standard InChI is InChI=1S/C18H20N2O3/c21-16-8-4-7-15(13-16)19-9-11-20(12-10-19)17(18(22)23)14-5-2-1-3-6-14/h1-8,13,17,21H,9-12H2,(H,22,23). The molecule has 1 unspecified atom stereocenters. The molecule has 3 rings (SSSR count). The minimum Gasteiger partial charge on any atom is -0.508 e. The van der Waals surface area contributed by atoms with Gasteiger partial charge in [0.15, 0.2) is 0 Å². The number of aliphatic carboxylic acids is 1. The number of phenolic OH excluding ortho intramolecular Hbond substituents is 1. The summed E-state index contributed by atoms with van der Waals surface area (Å²) in [6, 6.07) is 15.9. The monoisotopic (exact) mass is 312 g/mol. The number of hydrogen-bond acceptors (Lipinski definition) is 4. The highest BCUT2D eigenvalue weighted by atomic mass is 16.4. The average molecular weight is 312 g/mol. The van der Waals surface area contributed by atoms with E-state index >= 15 is 0 Å². The van der Waals surface area contributed by atoms with E-state index in [0.717, 1.165) is 24.3 Å². The number of carboxylic acid groups (broad SMARTS) is 1. The van der Waals surface area contributed by atoms with Gasteiger partial charge >= 0.3 is 5.97 Å². The summed E-state index contributed by atoms with van der Waals surface area (Å²) in [6.07, 6.45) is 0. The van der Waals surface area contributed by atoms with E-state index in [1.807, 2.05) is 47.4 Å². The van der Waals surface area contributed by atoms with Crippen LogP contribution in [-0.4, -0.2) is 47.3 Å². The van der Waals surface area contributed by atoms with Gasteiger partial charge in [-0.2, -0.15) is 0 Å². The Morgan fingerprint density at radius 3 is 2.26 bits per heavy atom. The fourth-order valence-electron chi connectivity index (χ4n) is 3.07. The minimum absolute atomic E-state index is 0.248. The largest absolute Gasteiger partial charge is 0.508 e. The molecule has 0 amide bonds. The fraction of sp³-hybridized carbons (Fsp3) is 0.278. The summed E-state index contributed by atoms with van der Waals surface area (Å²) in [7, 11) is 0. The normalized spacial score (nSPS) is 17.0. The Labute approximate surface area is 135 Å². The zero-order chi connectivity index (χ0) is 16.2. The SMILES string of the molecule is O=C(O)C(c1ccccc1)N1CCN(c2cccc(O)c2)CC1. The first-order valence-corrected chi connectivity index (χ1v) is 7.71.